The average molecular weight is 269 g/mol. The van der Waals surface area contributed by atoms with Crippen LogP contribution in [0.25, 0.3) is 0 Å². The fourth-order valence-electron chi connectivity index (χ4n) is 3.71. The number of ether oxygens (including phenoxy) is 1. The second kappa shape index (κ2) is 4.78. The molecule has 1 N–H and O–H groups in total. The van der Waals surface area contributed by atoms with Crippen molar-refractivity contribution in [2.75, 3.05) is 6.61 Å². The van der Waals surface area contributed by atoms with Crippen molar-refractivity contribution in [1.82, 2.24) is 4.90 Å². The molecule has 0 aromatic heterocycles. The van der Waals surface area contributed by atoms with E-state index in [0.29, 0.717) is 13.0 Å². The summed E-state index contributed by atoms with van der Waals surface area (Å²) in [7, 11) is 0. The average Bonchev–Trinajstić information content (AvgIpc) is 2.57. The van der Waals surface area contributed by atoms with Crippen LogP contribution < -0.4 is 0 Å². The number of carboxylic acids is 1. The van der Waals surface area contributed by atoms with Crippen molar-refractivity contribution in [3.05, 3.63) is 0 Å². The highest BCUT2D eigenvalue weighted by molar-refractivity contribution is 5.82. The van der Waals surface area contributed by atoms with E-state index in [2.05, 4.69) is 0 Å². The number of carbonyl (C=O) groups excluding carboxylic acids is 1. The van der Waals surface area contributed by atoms with Gasteiger partial charge in [0.15, 0.2) is 0 Å². The molecule has 0 saturated carbocycles. The van der Waals surface area contributed by atoms with E-state index in [1.807, 2.05) is 27.7 Å². The van der Waals surface area contributed by atoms with Crippen LogP contribution in [-0.4, -0.2) is 46.2 Å². The molecule has 0 spiro atoms. The second-order valence-corrected chi connectivity index (χ2v) is 6.17. The second-order valence-electron chi connectivity index (χ2n) is 6.17. The third kappa shape index (κ3) is 2.14. The van der Waals surface area contributed by atoms with Gasteiger partial charge in [-0.3, -0.25) is 9.59 Å². The number of carboxylic acid groups (broad SMARTS) is 1. The molecule has 5 atom stereocenters. The minimum absolute atomic E-state index is 0.0531. The van der Waals surface area contributed by atoms with E-state index in [-0.39, 0.29) is 29.5 Å². The van der Waals surface area contributed by atoms with Crippen LogP contribution in [0.1, 0.15) is 40.5 Å². The van der Waals surface area contributed by atoms with Gasteiger partial charge in [0.2, 0.25) is 5.91 Å². The first-order valence-electron chi connectivity index (χ1n) is 6.95. The first-order valence-corrected chi connectivity index (χ1v) is 6.95. The Balaban J connectivity index is 2.33. The molecular formula is C14H23NO4. The van der Waals surface area contributed by atoms with Gasteiger partial charge in [-0.25, -0.2) is 0 Å². The van der Waals surface area contributed by atoms with Crippen molar-refractivity contribution in [2.45, 2.75) is 58.2 Å². The lowest BCUT2D eigenvalue weighted by molar-refractivity contribution is -0.162. The number of aliphatic carboxylic acids is 1. The number of carbonyl (C=O) groups is 2. The molecule has 0 aliphatic carbocycles. The zero-order valence-electron chi connectivity index (χ0n) is 12.0. The summed E-state index contributed by atoms with van der Waals surface area (Å²) in [6.07, 6.45) is 1.02. The van der Waals surface area contributed by atoms with E-state index < -0.39 is 11.9 Å². The lowest BCUT2D eigenvalue weighted by Gasteiger charge is -2.50. The molecule has 108 valence electrons. The van der Waals surface area contributed by atoms with Crippen LogP contribution in [0.4, 0.5) is 0 Å². The van der Waals surface area contributed by atoms with Gasteiger partial charge in [0.25, 0.3) is 0 Å². The lowest BCUT2D eigenvalue weighted by Crippen LogP contribution is -2.63. The third-order valence-corrected chi connectivity index (χ3v) is 4.99. The van der Waals surface area contributed by atoms with Gasteiger partial charge in [-0.2, -0.15) is 0 Å². The van der Waals surface area contributed by atoms with Crippen molar-refractivity contribution < 1.29 is 19.4 Å². The molecule has 5 unspecified atom stereocenters. The van der Waals surface area contributed by atoms with Crippen molar-refractivity contribution in [1.29, 1.82) is 0 Å². The highest BCUT2D eigenvalue weighted by Crippen LogP contribution is 2.40. The van der Waals surface area contributed by atoms with Crippen molar-refractivity contribution in [3.63, 3.8) is 0 Å². The van der Waals surface area contributed by atoms with E-state index in [4.69, 9.17) is 4.74 Å². The first-order chi connectivity index (χ1) is 8.79. The van der Waals surface area contributed by atoms with Gasteiger partial charge in [-0.15, -0.1) is 0 Å². The van der Waals surface area contributed by atoms with E-state index in [1.165, 1.54) is 0 Å². The molecule has 0 radical (unpaired) electrons. The Labute approximate surface area is 113 Å². The predicted octanol–water partition coefficient (Wildman–Crippen LogP) is 1.51. The maximum atomic E-state index is 12.4. The van der Waals surface area contributed by atoms with Crippen LogP contribution in [-0.2, 0) is 14.3 Å². The molecule has 2 rings (SSSR count). The largest absolute Gasteiger partial charge is 0.481 e. The van der Waals surface area contributed by atoms with Crippen LogP contribution >= 0.6 is 0 Å². The van der Waals surface area contributed by atoms with Gasteiger partial charge in [-0.1, -0.05) is 6.92 Å². The molecule has 1 amide bonds. The number of likely N-dealkylation sites (tertiary alicyclic amines) is 1. The van der Waals surface area contributed by atoms with E-state index in [9.17, 15) is 14.7 Å². The maximum absolute atomic E-state index is 12.4. The first kappa shape index (κ1) is 14.3. The Morgan fingerprint density at radius 3 is 2.53 bits per heavy atom. The minimum atomic E-state index is -0.812. The monoisotopic (exact) mass is 269 g/mol. The summed E-state index contributed by atoms with van der Waals surface area (Å²) in [5.74, 6) is -1.37. The van der Waals surface area contributed by atoms with Crippen LogP contribution in [0.5, 0.6) is 0 Å². The summed E-state index contributed by atoms with van der Waals surface area (Å²) < 4.78 is 5.60. The fourth-order valence-corrected chi connectivity index (χ4v) is 3.71. The van der Waals surface area contributed by atoms with Gasteiger partial charge in [0.1, 0.15) is 0 Å². The van der Waals surface area contributed by atoms with Gasteiger partial charge >= 0.3 is 5.97 Å². The van der Waals surface area contributed by atoms with Gasteiger partial charge in [0, 0.05) is 19.1 Å². The minimum Gasteiger partial charge on any atom is -0.481 e. The summed E-state index contributed by atoms with van der Waals surface area (Å²) in [6.45, 7) is 8.29. The number of hydrogen-bond donors (Lipinski definition) is 1. The highest BCUT2D eigenvalue weighted by Gasteiger charge is 2.52. The highest BCUT2D eigenvalue weighted by atomic mass is 16.5. The Morgan fingerprint density at radius 1 is 1.42 bits per heavy atom. The SMILES string of the molecule is CC1CC(=O)N(C2(C)CCOC2C)C(C)C1C(=O)O. The van der Waals surface area contributed by atoms with Crippen LogP contribution in [0.3, 0.4) is 0 Å². The number of piperidine rings is 1. The molecule has 0 aromatic rings. The quantitative estimate of drug-likeness (QED) is 0.825. The molecule has 2 saturated heterocycles. The van der Waals surface area contributed by atoms with E-state index in [0.717, 1.165) is 6.42 Å². The van der Waals surface area contributed by atoms with Gasteiger partial charge in [-0.05, 0) is 33.1 Å². The Bertz CT molecular complexity index is 397. The van der Waals surface area contributed by atoms with Crippen LogP contribution in [0.2, 0.25) is 0 Å². The third-order valence-electron chi connectivity index (χ3n) is 4.99. The summed E-state index contributed by atoms with van der Waals surface area (Å²) in [5.41, 5.74) is -0.385. The van der Waals surface area contributed by atoms with Crippen LogP contribution in [0.15, 0.2) is 0 Å². The molecule has 2 aliphatic rings. The number of rotatable bonds is 2. The van der Waals surface area contributed by atoms with E-state index in [1.54, 1.807) is 4.90 Å². The Kier molecular flexibility index (Phi) is 3.60. The lowest BCUT2D eigenvalue weighted by atomic mass is 9.77. The van der Waals surface area contributed by atoms with Crippen molar-refractivity contribution in [3.8, 4) is 0 Å². The smallest absolute Gasteiger partial charge is 0.308 e. The summed E-state index contributed by atoms with van der Waals surface area (Å²) in [6, 6.07) is -0.289. The molecule has 5 nitrogen and oxygen atoms in total. The van der Waals surface area contributed by atoms with Crippen molar-refractivity contribution >= 4 is 11.9 Å². The molecule has 0 aromatic carbocycles. The number of amides is 1. The normalized spacial score (nSPS) is 43.6. The molecule has 2 fully saturated rings. The molecule has 2 heterocycles. The Morgan fingerprint density at radius 2 is 2.05 bits per heavy atom. The standard InChI is InChI=1S/C14H23NO4/c1-8-7-11(16)15(9(2)12(8)13(17)18)14(4)5-6-19-10(14)3/h8-10,12H,5-7H2,1-4H3,(H,17,18). The molecule has 5 heteroatoms. The Hall–Kier alpha value is -1.10. The molecule has 19 heavy (non-hydrogen) atoms. The zero-order chi connectivity index (χ0) is 14.4. The number of hydrogen-bond acceptors (Lipinski definition) is 3. The molecule has 2 aliphatic heterocycles. The van der Waals surface area contributed by atoms with Crippen LogP contribution in [0, 0.1) is 11.8 Å². The summed E-state index contributed by atoms with van der Waals surface area (Å²) in [4.78, 5) is 25.6. The summed E-state index contributed by atoms with van der Waals surface area (Å²) >= 11 is 0. The van der Waals surface area contributed by atoms with Crippen molar-refractivity contribution in [2.24, 2.45) is 11.8 Å². The summed E-state index contributed by atoms with van der Waals surface area (Å²) in [5, 5.41) is 9.41. The van der Waals surface area contributed by atoms with Gasteiger partial charge in [0.05, 0.1) is 17.6 Å². The predicted molar refractivity (Wildman–Crippen MR) is 69.7 cm³/mol. The fraction of sp³-hybridized carbons (Fsp3) is 0.857. The molecular weight excluding hydrogens is 246 g/mol. The van der Waals surface area contributed by atoms with Gasteiger partial charge < -0.3 is 14.7 Å². The van der Waals surface area contributed by atoms with E-state index >= 15 is 0 Å². The zero-order valence-corrected chi connectivity index (χ0v) is 12.0. The maximum Gasteiger partial charge on any atom is 0.308 e. The topological polar surface area (TPSA) is 66.8 Å². The molecule has 0 bridgehead atoms. The number of nitrogens with zero attached hydrogens (tertiary/aromatic N) is 1.